The quantitative estimate of drug-likeness (QED) is 0.730. The van der Waals surface area contributed by atoms with E-state index in [1.54, 1.807) is 0 Å². The largest absolute Gasteiger partial charge is 0.478 e. The fourth-order valence-corrected chi connectivity index (χ4v) is 3.47. The Labute approximate surface area is 126 Å². The van der Waals surface area contributed by atoms with E-state index in [2.05, 4.69) is 4.72 Å². The smallest absolute Gasteiger partial charge is 0.338 e. The number of carboxylic acids is 1. The SMILES string of the molecule is CC(O)CC(C)NS(=O)(=O)c1cc(Cl)cc(C(=O)O)c1F. The maximum Gasteiger partial charge on any atom is 0.338 e. The van der Waals surface area contributed by atoms with Crippen molar-refractivity contribution in [2.45, 2.75) is 37.3 Å². The van der Waals surface area contributed by atoms with Gasteiger partial charge < -0.3 is 10.2 Å². The van der Waals surface area contributed by atoms with Crippen LogP contribution in [0.5, 0.6) is 0 Å². The summed E-state index contributed by atoms with van der Waals surface area (Å²) in [5.41, 5.74) is -0.828. The second kappa shape index (κ2) is 6.69. The Hall–Kier alpha value is -1.22. The minimum absolute atomic E-state index is 0.118. The van der Waals surface area contributed by atoms with Gasteiger partial charge >= 0.3 is 5.97 Å². The van der Waals surface area contributed by atoms with Gasteiger partial charge in [-0.2, -0.15) is 0 Å². The number of hydrogen-bond acceptors (Lipinski definition) is 4. The summed E-state index contributed by atoms with van der Waals surface area (Å²) >= 11 is 5.63. The molecule has 0 saturated heterocycles. The summed E-state index contributed by atoms with van der Waals surface area (Å²) in [6.45, 7) is 2.97. The van der Waals surface area contributed by atoms with Crippen molar-refractivity contribution in [3.8, 4) is 0 Å². The van der Waals surface area contributed by atoms with Crippen molar-refractivity contribution in [3.05, 3.63) is 28.5 Å². The molecule has 118 valence electrons. The molecule has 0 bridgehead atoms. The Balaban J connectivity index is 3.23. The van der Waals surface area contributed by atoms with Gasteiger partial charge in [0.25, 0.3) is 0 Å². The molecule has 1 rings (SSSR count). The van der Waals surface area contributed by atoms with Crippen LogP contribution in [0, 0.1) is 5.82 Å². The Morgan fingerprint density at radius 2 is 2.00 bits per heavy atom. The van der Waals surface area contributed by atoms with E-state index in [0.29, 0.717) is 0 Å². The van der Waals surface area contributed by atoms with E-state index in [9.17, 15) is 22.7 Å². The van der Waals surface area contributed by atoms with Gasteiger partial charge in [0, 0.05) is 11.1 Å². The zero-order valence-electron chi connectivity index (χ0n) is 11.3. The number of sulfonamides is 1. The van der Waals surface area contributed by atoms with Crippen LogP contribution in [0.1, 0.15) is 30.6 Å². The maximum atomic E-state index is 14.0. The van der Waals surface area contributed by atoms with E-state index < -0.39 is 44.4 Å². The number of aliphatic hydroxyl groups is 1. The minimum atomic E-state index is -4.30. The third-order valence-electron chi connectivity index (χ3n) is 2.57. The van der Waals surface area contributed by atoms with Crippen LogP contribution in [0.15, 0.2) is 17.0 Å². The first-order valence-electron chi connectivity index (χ1n) is 5.97. The lowest BCUT2D eigenvalue weighted by Crippen LogP contribution is -2.35. The van der Waals surface area contributed by atoms with E-state index in [0.717, 1.165) is 12.1 Å². The monoisotopic (exact) mass is 339 g/mol. The molecule has 2 unspecified atom stereocenters. The van der Waals surface area contributed by atoms with Crippen molar-refractivity contribution in [1.29, 1.82) is 0 Å². The first-order chi connectivity index (χ1) is 9.54. The molecule has 21 heavy (non-hydrogen) atoms. The number of nitrogens with one attached hydrogen (secondary N) is 1. The van der Waals surface area contributed by atoms with Crippen LogP contribution < -0.4 is 4.72 Å². The third-order valence-corrected chi connectivity index (χ3v) is 4.38. The predicted molar refractivity (Wildman–Crippen MR) is 74.5 cm³/mol. The van der Waals surface area contributed by atoms with Crippen LogP contribution in [-0.2, 0) is 10.0 Å². The maximum absolute atomic E-state index is 14.0. The molecule has 0 saturated carbocycles. The molecule has 0 spiro atoms. The van der Waals surface area contributed by atoms with Gasteiger partial charge in [-0.3, -0.25) is 0 Å². The lowest BCUT2D eigenvalue weighted by Gasteiger charge is -2.16. The summed E-state index contributed by atoms with van der Waals surface area (Å²) < 4.78 is 40.3. The first kappa shape index (κ1) is 17.8. The van der Waals surface area contributed by atoms with E-state index in [1.165, 1.54) is 13.8 Å². The van der Waals surface area contributed by atoms with Crippen molar-refractivity contribution in [2.24, 2.45) is 0 Å². The number of carbonyl (C=O) groups is 1. The summed E-state index contributed by atoms with van der Waals surface area (Å²) in [4.78, 5) is 10.0. The van der Waals surface area contributed by atoms with Gasteiger partial charge in [-0.05, 0) is 32.4 Å². The third kappa shape index (κ3) is 4.63. The van der Waals surface area contributed by atoms with Crippen LogP contribution >= 0.6 is 11.6 Å². The number of halogens is 2. The molecule has 0 radical (unpaired) electrons. The van der Waals surface area contributed by atoms with E-state index in [-0.39, 0.29) is 11.4 Å². The number of rotatable bonds is 6. The standard InChI is InChI=1S/C12H15ClFNO5S/c1-6(3-7(2)16)15-21(19,20)10-5-8(13)4-9(11(10)14)12(17)18/h4-7,15-16H,3H2,1-2H3,(H,17,18). The summed E-state index contributed by atoms with van der Waals surface area (Å²) in [7, 11) is -4.30. The molecule has 0 heterocycles. The molecule has 0 aliphatic rings. The Bertz CT molecular complexity index is 647. The van der Waals surface area contributed by atoms with Gasteiger partial charge in [-0.1, -0.05) is 11.6 Å². The lowest BCUT2D eigenvalue weighted by molar-refractivity contribution is 0.0691. The van der Waals surface area contributed by atoms with Crippen molar-refractivity contribution in [2.75, 3.05) is 0 Å². The normalized spacial score (nSPS) is 14.7. The molecular weight excluding hydrogens is 325 g/mol. The summed E-state index contributed by atoms with van der Waals surface area (Å²) in [6.07, 6.45) is -0.630. The molecule has 1 aromatic carbocycles. The van der Waals surface area contributed by atoms with Gasteiger partial charge in [0.05, 0.1) is 11.7 Å². The van der Waals surface area contributed by atoms with Crippen LogP contribution in [-0.4, -0.2) is 36.7 Å². The zero-order chi connectivity index (χ0) is 16.4. The average Bonchev–Trinajstić information content (AvgIpc) is 2.29. The molecule has 3 N–H and O–H groups in total. The summed E-state index contributed by atoms with van der Waals surface area (Å²) in [5.74, 6) is -3.01. The summed E-state index contributed by atoms with van der Waals surface area (Å²) in [5, 5.41) is 17.8. The average molecular weight is 340 g/mol. The number of benzene rings is 1. The van der Waals surface area contributed by atoms with Crippen molar-refractivity contribution < 1.29 is 27.8 Å². The van der Waals surface area contributed by atoms with Gasteiger partial charge in [0.2, 0.25) is 10.0 Å². The second-order valence-electron chi connectivity index (χ2n) is 4.68. The van der Waals surface area contributed by atoms with Crippen LogP contribution in [0.4, 0.5) is 4.39 Å². The number of aliphatic hydroxyl groups excluding tert-OH is 1. The molecular formula is C12H15ClFNO5S. The molecule has 9 heteroatoms. The van der Waals surface area contributed by atoms with Crippen LogP contribution in [0.3, 0.4) is 0 Å². The van der Waals surface area contributed by atoms with E-state index in [4.69, 9.17) is 16.7 Å². The van der Waals surface area contributed by atoms with Crippen LogP contribution in [0.2, 0.25) is 5.02 Å². The number of aromatic carboxylic acids is 1. The summed E-state index contributed by atoms with van der Waals surface area (Å²) in [6, 6.07) is 1.000. The molecule has 1 aromatic rings. The number of hydrogen-bond donors (Lipinski definition) is 3. The molecule has 0 aliphatic carbocycles. The fourth-order valence-electron chi connectivity index (χ4n) is 1.80. The van der Waals surface area contributed by atoms with Crippen molar-refractivity contribution >= 4 is 27.6 Å². The first-order valence-corrected chi connectivity index (χ1v) is 7.83. The fraction of sp³-hybridized carbons (Fsp3) is 0.417. The Kier molecular flexibility index (Phi) is 5.68. The molecule has 0 fully saturated rings. The minimum Gasteiger partial charge on any atom is -0.478 e. The van der Waals surface area contributed by atoms with E-state index in [1.807, 2.05) is 0 Å². The van der Waals surface area contributed by atoms with Gasteiger partial charge in [0.15, 0.2) is 5.82 Å². The van der Waals surface area contributed by atoms with Crippen LogP contribution in [0.25, 0.3) is 0 Å². The zero-order valence-corrected chi connectivity index (χ0v) is 12.9. The molecule has 6 nitrogen and oxygen atoms in total. The highest BCUT2D eigenvalue weighted by molar-refractivity contribution is 7.89. The molecule has 0 aliphatic heterocycles. The topological polar surface area (TPSA) is 104 Å². The second-order valence-corrected chi connectivity index (χ2v) is 6.80. The molecule has 0 aromatic heterocycles. The molecule has 2 atom stereocenters. The highest BCUT2D eigenvalue weighted by atomic mass is 35.5. The van der Waals surface area contributed by atoms with Gasteiger partial charge in [-0.25, -0.2) is 22.3 Å². The van der Waals surface area contributed by atoms with E-state index >= 15 is 0 Å². The highest BCUT2D eigenvalue weighted by Crippen LogP contribution is 2.24. The van der Waals surface area contributed by atoms with Gasteiger partial charge in [0.1, 0.15) is 4.90 Å². The Morgan fingerprint density at radius 1 is 1.43 bits per heavy atom. The number of carboxylic acid groups (broad SMARTS) is 1. The Morgan fingerprint density at radius 3 is 2.48 bits per heavy atom. The van der Waals surface area contributed by atoms with Gasteiger partial charge in [-0.15, -0.1) is 0 Å². The van der Waals surface area contributed by atoms with Crippen molar-refractivity contribution in [3.63, 3.8) is 0 Å². The van der Waals surface area contributed by atoms with Crippen molar-refractivity contribution in [1.82, 2.24) is 4.72 Å². The molecule has 0 amide bonds. The lowest BCUT2D eigenvalue weighted by atomic mass is 10.2. The highest BCUT2D eigenvalue weighted by Gasteiger charge is 2.26. The predicted octanol–water partition coefficient (Wildman–Crippen LogP) is 1.62.